The van der Waals surface area contributed by atoms with Crippen molar-refractivity contribution in [3.05, 3.63) is 48.4 Å². The molecule has 1 aromatic carbocycles. The van der Waals surface area contributed by atoms with Crippen LogP contribution in [0.25, 0.3) is 11.2 Å². The largest absolute Gasteiger partial charge is 0.353 e. The first-order valence-corrected chi connectivity index (χ1v) is 7.95. The van der Waals surface area contributed by atoms with E-state index in [2.05, 4.69) is 55.5 Å². The zero-order valence-corrected chi connectivity index (χ0v) is 13.2. The van der Waals surface area contributed by atoms with Gasteiger partial charge in [0, 0.05) is 32.7 Å². The van der Waals surface area contributed by atoms with E-state index in [1.807, 2.05) is 17.8 Å². The normalized spacial score (nSPS) is 18.0. The molecule has 0 radical (unpaired) electrons. The zero-order valence-electron chi connectivity index (χ0n) is 13.2. The minimum Gasteiger partial charge on any atom is -0.353 e. The molecule has 3 aromatic rings. The average molecular weight is 308 g/mol. The predicted molar refractivity (Wildman–Crippen MR) is 90.1 cm³/mol. The molecule has 4 rings (SSSR count). The van der Waals surface area contributed by atoms with Crippen LogP contribution >= 0.6 is 0 Å². The van der Waals surface area contributed by atoms with Crippen molar-refractivity contribution in [2.75, 3.05) is 18.4 Å². The molecule has 0 bridgehead atoms. The molecule has 0 amide bonds. The molecule has 0 aliphatic carbocycles. The maximum absolute atomic E-state index is 4.46. The topological polar surface area (TPSA) is 58.9 Å². The van der Waals surface area contributed by atoms with Crippen LogP contribution in [-0.2, 0) is 13.6 Å². The van der Waals surface area contributed by atoms with Crippen LogP contribution < -0.4 is 5.32 Å². The molecule has 1 fully saturated rings. The zero-order chi connectivity index (χ0) is 15.6. The number of aromatic nitrogens is 4. The SMILES string of the molecule is Cn1cnc2nc(NCC3CCN3Cc3ccccc3)ncc21. The maximum Gasteiger partial charge on any atom is 0.224 e. The Morgan fingerprint density at radius 1 is 1.22 bits per heavy atom. The maximum atomic E-state index is 4.46. The summed E-state index contributed by atoms with van der Waals surface area (Å²) in [7, 11) is 1.95. The highest BCUT2D eigenvalue weighted by atomic mass is 15.2. The third kappa shape index (κ3) is 2.90. The van der Waals surface area contributed by atoms with Crippen molar-refractivity contribution in [3.63, 3.8) is 0 Å². The molecule has 23 heavy (non-hydrogen) atoms. The Hall–Kier alpha value is -2.47. The molecule has 1 saturated heterocycles. The van der Waals surface area contributed by atoms with Crippen LogP contribution in [0, 0.1) is 0 Å². The summed E-state index contributed by atoms with van der Waals surface area (Å²) in [6.45, 7) is 3.03. The van der Waals surface area contributed by atoms with Crippen molar-refractivity contribution in [1.29, 1.82) is 0 Å². The number of aryl methyl sites for hydroxylation is 1. The molecular weight excluding hydrogens is 288 g/mol. The van der Waals surface area contributed by atoms with Crippen LogP contribution in [0.2, 0.25) is 0 Å². The van der Waals surface area contributed by atoms with Gasteiger partial charge in [0.25, 0.3) is 0 Å². The highest BCUT2D eigenvalue weighted by molar-refractivity contribution is 5.70. The lowest BCUT2D eigenvalue weighted by atomic mass is 10.0. The molecule has 1 atom stereocenters. The van der Waals surface area contributed by atoms with Gasteiger partial charge in [-0.1, -0.05) is 30.3 Å². The number of imidazole rings is 1. The number of nitrogens with zero attached hydrogens (tertiary/aromatic N) is 5. The van der Waals surface area contributed by atoms with E-state index in [1.165, 1.54) is 12.0 Å². The van der Waals surface area contributed by atoms with Crippen LogP contribution in [0.3, 0.4) is 0 Å². The minimum absolute atomic E-state index is 0.540. The van der Waals surface area contributed by atoms with Gasteiger partial charge in [0.1, 0.15) is 5.52 Å². The monoisotopic (exact) mass is 308 g/mol. The van der Waals surface area contributed by atoms with E-state index in [-0.39, 0.29) is 0 Å². The van der Waals surface area contributed by atoms with E-state index in [0.717, 1.165) is 30.8 Å². The molecule has 0 spiro atoms. The van der Waals surface area contributed by atoms with Gasteiger partial charge >= 0.3 is 0 Å². The van der Waals surface area contributed by atoms with Crippen LogP contribution in [-0.4, -0.2) is 43.6 Å². The first-order valence-electron chi connectivity index (χ1n) is 7.95. The summed E-state index contributed by atoms with van der Waals surface area (Å²) in [6.07, 6.45) is 4.79. The summed E-state index contributed by atoms with van der Waals surface area (Å²) < 4.78 is 1.92. The fraction of sp³-hybridized carbons (Fsp3) is 0.353. The second-order valence-corrected chi connectivity index (χ2v) is 6.04. The molecule has 6 heteroatoms. The molecular formula is C17H20N6. The average Bonchev–Trinajstić information content (AvgIpc) is 2.93. The van der Waals surface area contributed by atoms with Gasteiger partial charge in [-0.2, -0.15) is 4.98 Å². The van der Waals surface area contributed by atoms with Gasteiger partial charge in [-0.15, -0.1) is 0 Å². The van der Waals surface area contributed by atoms with E-state index in [0.29, 0.717) is 12.0 Å². The first-order chi connectivity index (χ1) is 11.3. The Morgan fingerprint density at radius 3 is 2.87 bits per heavy atom. The van der Waals surface area contributed by atoms with E-state index >= 15 is 0 Å². The highest BCUT2D eigenvalue weighted by Gasteiger charge is 2.27. The Kier molecular flexibility index (Phi) is 3.67. The second-order valence-electron chi connectivity index (χ2n) is 6.04. The fourth-order valence-corrected chi connectivity index (χ4v) is 2.96. The molecule has 1 aliphatic rings. The molecule has 3 heterocycles. The quantitative estimate of drug-likeness (QED) is 0.782. The van der Waals surface area contributed by atoms with Crippen LogP contribution in [0.15, 0.2) is 42.9 Å². The number of anilines is 1. The lowest BCUT2D eigenvalue weighted by molar-refractivity contribution is 0.0912. The van der Waals surface area contributed by atoms with Gasteiger partial charge < -0.3 is 9.88 Å². The van der Waals surface area contributed by atoms with Crippen molar-refractivity contribution >= 4 is 17.1 Å². The number of fused-ring (bicyclic) bond motifs is 1. The number of likely N-dealkylation sites (tertiary alicyclic amines) is 1. The highest BCUT2D eigenvalue weighted by Crippen LogP contribution is 2.21. The van der Waals surface area contributed by atoms with Gasteiger partial charge in [0.15, 0.2) is 5.65 Å². The lowest BCUT2D eigenvalue weighted by Gasteiger charge is -2.41. The molecule has 118 valence electrons. The lowest BCUT2D eigenvalue weighted by Crippen LogP contribution is -2.50. The van der Waals surface area contributed by atoms with Crippen molar-refractivity contribution in [2.45, 2.75) is 19.0 Å². The molecule has 1 unspecified atom stereocenters. The number of benzene rings is 1. The smallest absolute Gasteiger partial charge is 0.224 e. The summed E-state index contributed by atoms with van der Waals surface area (Å²) in [6, 6.07) is 11.2. The van der Waals surface area contributed by atoms with Crippen molar-refractivity contribution in [1.82, 2.24) is 24.4 Å². The Labute approximate surface area is 135 Å². The minimum atomic E-state index is 0.540. The van der Waals surface area contributed by atoms with Gasteiger partial charge in [0.05, 0.1) is 12.5 Å². The molecule has 1 N–H and O–H groups in total. The van der Waals surface area contributed by atoms with Crippen LogP contribution in [0.1, 0.15) is 12.0 Å². The summed E-state index contributed by atoms with van der Waals surface area (Å²) in [5, 5.41) is 3.35. The molecule has 2 aromatic heterocycles. The Morgan fingerprint density at radius 2 is 2.09 bits per heavy atom. The number of nitrogens with one attached hydrogen (secondary N) is 1. The third-order valence-corrected chi connectivity index (χ3v) is 4.47. The summed E-state index contributed by atoms with van der Waals surface area (Å²) in [5.74, 6) is 0.655. The van der Waals surface area contributed by atoms with E-state index in [1.54, 1.807) is 6.33 Å². The van der Waals surface area contributed by atoms with Crippen LogP contribution in [0.4, 0.5) is 5.95 Å². The molecule has 0 saturated carbocycles. The van der Waals surface area contributed by atoms with Gasteiger partial charge in [-0.25, -0.2) is 9.97 Å². The number of hydrogen-bond donors (Lipinski definition) is 1. The fourth-order valence-electron chi connectivity index (χ4n) is 2.96. The van der Waals surface area contributed by atoms with E-state index < -0.39 is 0 Å². The van der Waals surface area contributed by atoms with Gasteiger partial charge in [0.2, 0.25) is 5.95 Å². The van der Waals surface area contributed by atoms with Crippen LogP contribution in [0.5, 0.6) is 0 Å². The Balaban J connectivity index is 1.36. The molecule has 6 nitrogen and oxygen atoms in total. The first kappa shape index (κ1) is 14.1. The van der Waals surface area contributed by atoms with Crippen molar-refractivity contribution in [2.24, 2.45) is 7.05 Å². The van der Waals surface area contributed by atoms with Crippen molar-refractivity contribution in [3.8, 4) is 0 Å². The second kappa shape index (κ2) is 5.96. The van der Waals surface area contributed by atoms with Crippen molar-refractivity contribution < 1.29 is 0 Å². The Bertz CT molecular complexity index is 797. The summed E-state index contributed by atoms with van der Waals surface area (Å²) in [4.78, 5) is 15.6. The number of rotatable bonds is 5. The predicted octanol–water partition coefficient (Wildman–Crippen LogP) is 2.05. The molecule has 1 aliphatic heterocycles. The summed E-state index contributed by atoms with van der Waals surface area (Å²) in [5.41, 5.74) is 3.05. The number of hydrogen-bond acceptors (Lipinski definition) is 5. The van der Waals surface area contributed by atoms with E-state index in [4.69, 9.17) is 0 Å². The summed E-state index contributed by atoms with van der Waals surface area (Å²) >= 11 is 0. The van der Waals surface area contributed by atoms with Gasteiger partial charge in [-0.3, -0.25) is 4.90 Å². The standard InChI is InChI=1S/C17H20N6/c1-22-12-20-16-15(22)10-19-17(21-16)18-9-14-7-8-23(14)11-13-5-3-2-4-6-13/h2-6,10,12,14H,7-9,11H2,1H3,(H,18,19,21). The van der Waals surface area contributed by atoms with Gasteiger partial charge in [-0.05, 0) is 12.0 Å². The third-order valence-electron chi connectivity index (χ3n) is 4.47. The van der Waals surface area contributed by atoms with E-state index in [9.17, 15) is 0 Å².